The summed E-state index contributed by atoms with van der Waals surface area (Å²) in [4.78, 5) is 10.2. The highest BCUT2D eigenvalue weighted by atomic mass is 16.4. The molecule has 0 amide bonds. The summed E-state index contributed by atoms with van der Waals surface area (Å²) >= 11 is 0. The van der Waals surface area contributed by atoms with Crippen molar-refractivity contribution < 1.29 is 9.90 Å². The van der Waals surface area contributed by atoms with Crippen LogP contribution in [0.5, 0.6) is 0 Å². The summed E-state index contributed by atoms with van der Waals surface area (Å²) in [6, 6.07) is 0. The number of unbranched alkanes of at least 4 members (excludes halogenated alkanes) is 2. The van der Waals surface area contributed by atoms with Gasteiger partial charge in [-0.3, -0.25) is 4.79 Å². The highest BCUT2D eigenvalue weighted by Gasteiger charge is 1.94. The van der Waals surface area contributed by atoms with Crippen molar-refractivity contribution in [2.24, 2.45) is 0 Å². The molecular weight excluding hydrogens is 188 g/mol. The Bertz CT molecular complexity index is 217. The molecule has 86 valence electrons. The fourth-order valence-electron chi connectivity index (χ4n) is 1.27. The summed E-state index contributed by atoms with van der Waals surface area (Å²) in [6.45, 7) is 6.17. The van der Waals surface area contributed by atoms with Crippen LogP contribution in [0.25, 0.3) is 0 Å². The van der Waals surface area contributed by atoms with Crippen molar-refractivity contribution in [2.45, 2.75) is 51.9 Å². The Kier molecular flexibility index (Phi) is 8.84. The molecule has 0 fully saturated rings. The molecule has 0 unspecified atom stereocenters. The highest BCUT2D eigenvalue weighted by Crippen LogP contribution is 2.10. The predicted molar refractivity (Wildman–Crippen MR) is 63.9 cm³/mol. The van der Waals surface area contributed by atoms with Crippen LogP contribution >= 0.6 is 0 Å². The van der Waals surface area contributed by atoms with Crippen LogP contribution in [0.15, 0.2) is 24.3 Å². The van der Waals surface area contributed by atoms with E-state index in [-0.39, 0.29) is 6.42 Å². The molecule has 0 aromatic rings. The molecule has 2 nitrogen and oxygen atoms in total. The number of hydrogen-bond donors (Lipinski definition) is 1. The summed E-state index contributed by atoms with van der Waals surface area (Å²) < 4.78 is 0. The van der Waals surface area contributed by atoms with Crippen LogP contribution in [0.3, 0.4) is 0 Å². The Labute approximate surface area is 92.7 Å². The molecule has 0 saturated carbocycles. The first-order valence-electron chi connectivity index (χ1n) is 5.70. The van der Waals surface area contributed by atoms with Gasteiger partial charge >= 0.3 is 5.97 Å². The van der Waals surface area contributed by atoms with Crippen LogP contribution in [0.4, 0.5) is 0 Å². The van der Waals surface area contributed by atoms with Gasteiger partial charge in [0.15, 0.2) is 0 Å². The monoisotopic (exact) mass is 210 g/mol. The summed E-state index contributed by atoms with van der Waals surface area (Å²) in [6.07, 6.45) is 10.5. The Morgan fingerprint density at radius 2 is 2.00 bits per heavy atom. The molecule has 15 heavy (non-hydrogen) atoms. The maximum Gasteiger partial charge on any atom is 0.303 e. The fourth-order valence-corrected chi connectivity index (χ4v) is 1.27. The van der Waals surface area contributed by atoms with Gasteiger partial charge in [-0.15, -0.1) is 0 Å². The minimum Gasteiger partial charge on any atom is -0.481 e. The van der Waals surface area contributed by atoms with E-state index in [1.165, 1.54) is 18.4 Å². The molecule has 2 heteroatoms. The van der Waals surface area contributed by atoms with Crippen LogP contribution < -0.4 is 0 Å². The molecule has 0 atom stereocenters. The van der Waals surface area contributed by atoms with Gasteiger partial charge < -0.3 is 5.11 Å². The molecular formula is C13H22O2. The predicted octanol–water partition coefficient (Wildman–Crippen LogP) is 3.93. The highest BCUT2D eigenvalue weighted by molar-refractivity contribution is 5.66. The molecule has 0 aliphatic carbocycles. The maximum atomic E-state index is 10.2. The van der Waals surface area contributed by atoms with Gasteiger partial charge in [0.2, 0.25) is 0 Å². The Balaban J connectivity index is 3.37. The normalized spacial score (nSPS) is 10.7. The average molecular weight is 210 g/mol. The number of allylic oxidation sites excluding steroid dienone is 3. The van der Waals surface area contributed by atoms with Gasteiger partial charge in [0.25, 0.3) is 0 Å². The van der Waals surface area contributed by atoms with Crippen LogP contribution in [-0.4, -0.2) is 11.1 Å². The number of hydrogen-bond acceptors (Lipinski definition) is 1. The lowest BCUT2D eigenvalue weighted by molar-refractivity contribution is -0.137. The molecule has 0 aliphatic heterocycles. The van der Waals surface area contributed by atoms with Gasteiger partial charge in [0, 0.05) is 6.42 Å². The minimum atomic E-state index is -0.712. The molecule has 0 spiro atoms. The van der Waals surface area contributed by atoms with Gasteiger partial charge in [-0.2, -0.15) is 0 Å². The van der Waals surface area contributed by atoms with Crippen molar-refractivity contribution in [1.82, 2.24) is 0 Å². The average Bonchev–Trinajstić information content (AvgIpc) is 2.19. The number of carboxylic acid groups (broad SMARTS) is 1. The zero-order valence-corrected chi connectivity index (χ0v) is 9.67. The Morgan fingerprint density at radius 1 is 1.27 bits per heavy atom. The number of carbonyl (C=O) groups is 1. The standard InChI is InChI=1S/C13H22O2/c1-3-4-9-12(2)10-7-5-6-8-11-13(14)15/h5,7H,2-4,6,8-11H2,1H3,(H,14,15)/b7-5-. The second kappa shape index (κ2) is 9.50. The maximum absolute atomic E-state index is 10.2. The van der Waals surface area contributed by atoms with Crippen LogP contribution in [0.2, 0.25) is 0 Å². The van der Waals surface area contributed by atoms with E-state index in [9.17, 15) is 4.79 Å². The molecule has 0 saturated heterocycles. The van der Waals surface area contributed by atoms with Gasteiger partial charge in [-0.25, -0.2) is 0 Å². The van der Waals surface area contributed by atoms with Gasteiger partial charge in [-0.05, 0) is 32.1 Å². The third-order valence-electron chi connectivity index (χ3n) is 2.22. The van der Waals surface area contributed by atoms with E-state index in [0.29, 0.717) is 0 Å². The third kappa shape index (κ3) is 10.9. The molecule has 0 bridgehead atoms. The first-order chi connectivity index (χ1) is 7.16. The van der Waals surface area contributed by atoms with Crippen LogP contribution in [0.1, 0.15) is 51.9 Å². The lowest BCUT2D eigenvalue weighted by Gasteiger charge is -1.99. The SMILES string of the molecule is C=C(C/C=C\CCCC(=O)O)CCCC. The molecule has 0 radical (unpaired) electrons. The van der Waals surface area contributed by atoms with Crippen molar-refractivity contribution in [3.8, 4) is 0 Å². The van der Waals surface area contributed by atoms with Gasteiger partial charge in [-0.1, -0.05) is 37.6 Å². The van der Waals surface area contributed by atoms with Gasteiger partial charge in [0.1, 0.15) is 0 Å². The molecule has 1 N–H and O–H groups in total. The van der Waals surface area contributed by atoms with Crippen LogP contribution in [0, 0.1) is 0 Å². The first kappa shape index (κ1) is 13.9. The zero-order chi connectivity index (χ0) is 11.5. The quantitative estimate of drug-likeness (QED) is 0.462. The van der Waals surface area contributed by atoms with E-state index in [1.54, 1.807) is 0 Å². The van der Waals surface area contributed by atoms with Crippen molar-refractivity contribution >= 4 is 5.97 Å². The number of aliphatic carboxylic acids is 1. The number of carboxylic acids is 1. The summed E-state index contributed by atoms with van der Waals surface area (Å²) in [5.74, 6) is -0.712. The molecule has 0 aliphatic rings. The van der Waals surface area contributed by atoms with E-state index >= 15 is 0 Å². The lowest BCUT2D eigenvalue weighted by atomic mass is 10.1. The smallest absolute Gasteiger partial charge is 0.303 e. The van der Waals surface area contributed by atoms with E-state index in [1.807, 2.05) is 0 Å². The number of rotatable bonds is 9. The van der Waals surface area contributed by atoms with Crippen molar-refractivity contribution in [1.29, 1.82) is 0 Å². The minimum absolute atomic E-state index is 0.265. The topological polar surface area (TPSA) is 37.3 Å². The second-order valence-corrected chi connectivity index (χ2v) is 3.82. The largest absolute Gasteiger partial charge is 0.481 e. The molecule has 0 aromatic carbocycles. The van der Waals surface area contributed by atoms with E-state index < -0.39 is 5.97 Å². The molecule has 0 rings (SSSR count). The Hall–Kier alpha value is -1.05. The second-order valence-electron chi connectivity index (χ2n) is 3.82. The molecule has 0 heterocycles. The van der Waals surface area contributed by atoms with Crippen LogP contribution in [-0.2, 0) is 4.79 Å². The van der Waals surface area contributed by atoms with Crippen molar-refractivity contribution in [2.75, 3.05) is 0 Å². The summed E-state index contributed by atoms with van der Waals surface area (Å²) in [5, 5.41) is 8.42. The van der Waals surface area contributed by atoms with Gasteiger partial charge in [0.05, 0.1) is 0 Å². The summed E-state index contributed by atoms with van der Waals surface area (Å²) in [5.41, 5.74) is 1.27. The van der Waals surface area contributed by atoms with E-state index in [4.69, 9.17) is 5.11 Å². The van der Waals surface area contributed by atoms with Crippen molar-refractivity contribution in [3.63, 3.8) is 0 Å². The lowest BCUT2D eigenvalue weighted by Crippen LogP contribution is -1.92. The van der Waals surface area contributed by atoms with Crippen molar-refractivity contribution in [3.05, 3.63) is 24.3 Å². The summed E-state index contributed by atoms with van der Waals surface area (Å²) in [7, 11) is 0. The van der Waals surface area contributed by atoms with E-state index in [2.05, 4.69) is 25.7 Å². The first-order valence-corrected chi connectivity index (χ1v) is 5.70. The zero-order valence-electron chi connectivity index (χ0n) is 9.67. The third-order valence-corrected chi connectivity index (χ3v) is 2.22. The Morgan fingerprint density at radius 3 is 2.60 bits per heavy atom. The fraction of sp³-hybridized carbons (Fsp3) is 0.615. The molecule has 0 aromatic heterocycles. The van der Waals surface area contributed by atoms with E-state index in [0.717, 1.165) is 25.7 Å².